The van der Waals surface area contributed by atoms with Crippen LogP contribution in [0.3, 0.4) is 0 Å². The van der Waals surface area contributed by atoms with Crippen LogP contribution in [0.5, 0.6) is 0 Å². The highest BCUT2D eigenvalue weighted by Crippen LogP contribution is 2.31. The largest absolute Gasteiger partial charge is 0.336 e. The van der Waals surface area contributed by atoms with Crippen molar-refractivity contribution in [3.8, 4) is 0 Å². The summed E-state index contributed by atoms with van der Waals surface area (Å²) >= 11 is 0. The zero-order valence-electron chi connectivity index (χ0n) is 12.7. The molecule has 0 saturated heterocycles. The van der Waals surface area contributed by atoms with E-state index in [9.17, 15) is 17.6 Å². The van der Waals surface area contributed by atoms with E-state index in [-0.39, 0.29) is 29.7 Å². The first kappa shape index (κ1) is 16.7. The third kappa shape index (κ3) is 4.69. The molecule has 2 rings (SSSR count). The highest BCUT2D eigenvalue weighted by molar-refractivity contribution is 7.90. The average Bonchev–Trinajstić information content (AvgIpc) is 2.78. The molecule has 0 spiro atoms. The predicted octanol–water partition coefficient (Wildman–Crippen LogP) is 1.94. The summed E-state index contributed by atoms with van der Waals surface area (Å²) in [7, 11) is -3.04. The minimum atomic E-state index is -3.04. The lowest BCUT2D eigenvalue weighted by Gasteiger charge is -2.18. The molecule has 1 aliphatic rings. The Hall–Kier alpha value is -1.63. The molecule has 5 nitrogen and oxygen atoms in total. The molecule has 0 saturated carbocycles. The Labute approximate surface area is 130 Å². The molecule has 0 unspecified atom stereocenters. The van der Waals surface area contributed by atoms with E-state index in [4.69, 9.17) is 0 Å². The summed E-state index contributed by atoms with van der Waals surface area (Å²) in [5.41, 5.74) is 1.87. The maximum absolute atomic E-state index is 13.3. The summed E-state index contributed by atoms with van der Waals surface area (Å²) in [4.78, 5) is 12.0. The average molecular weight is 328 g/mol. The van der Waals surface area contributed by atoms with Crippen LogP contribution in [-0.2, 0) is 16.3 Å². The van der Waals surface area contributed by atoms with Gasteiger partial charge in [0.25, 0.3) is 0 Å². The van der Waals surface area contributed by atoms with E-state index >= 15 is 0 Å². The summed E-state index contributed by atoms with van der Waals surface area (Å²) in [5.74, 6) is -0.277. The van der Waals surface area contributed by atoms with Gasteiger partial charge < -0.3 is 10.6 Å². The monoisotopic (exact) mass is 328 g/mol. The quantitative estimate of drug-likeness (QED) is 0.867. The smallest absolute Gasteiger partial charge is 0.315 e. The highest BCUT2D eigenvalue weighted by atomic mass is 32.2. The number of nitrogens with one attached hydrogen (secondary N) is 2. The molecule has 2 N–H and O–H groups in total. The molecule has 1 aliphatic carbocycles. The van der Waals surface area contributed by atoms with Gasteiger partial charge in [-0.05, 0) is 49.4 Å². The van der Waals surface area contributed by atoms with Gasteiger partial charge in [-0.2, -0.15) is 0 Å². The fourth-order valence-electron chi connectivity index (χ4n) is 2.61. The molecule has 0 aromatic heterocycles. The molecular formula is C15H21FN2O3S. The zero-order chi connectivity index (χ0) is 16.3. The number of aryl methyl sites for hydroxylation is 1. The SMILES string of the molecule is C[C@H](CCS(C)(=O)=O)NC(=O)N[C@@H]1CCc2ccc(F)cc21. The molecule has 1 aromatic rings. The molecule has 122 valence electrons. The number of carbonyl (C=O) groups excluding carboxylic acids is 1. The number of halogens is 1. The first-order valence-corrected chi connectivity index (χ1v) is 9.34. The number of carbonyl (C=O) groups is 1. The van der Waals surface area contributed by atoms with Crippen molar-refractivity contribution in [2.24, 2.45) is 0 Å². The zero-order valence-corrected chi connectivity index (χ0v) is 13.5. The van der Waals surface area contributed by atoms with Crippen LogP contribution in [0.2, 0.25) is 0 Å². The van der Waals surface area contributed by atoms with E-state index < -0.39 is 9.84 Å². The number of hydrogen-bond acceptors (Lipinski definition) is 3. The Bertz CT molecular complexity index is 661. The summed E-state index contributed by atoms with van der Waals surface area (Å²) in [6, 6.07) is 3.83. The van der Waals surface area contributed by atoms with E-state index in [1.807, 2.05) is 0 Å². The first-order chi connectivity index (χ1) is 10.2. The van der Waals surface area contributed by atoms with Crippen molar-refractivity contribution in [3.05, 3.63) is 35.1 Å². The summed E-state index contributed by atoms with van der Waals surface area (Å²) in [6.07, 6.45) is 3.08. The maximum Gasteiger partial charge on any atom is 0.315 e. The minimum Gasteiger partial charge on any atom is -0.336 e. The van der Waals surface area contributed by atoms with Gasteiger partial charge >= 0.3 is 6.03 Å². The first-order valence-electron chi connectivity index (χ1n) is 7.27. The van der Waals surface area contributed by atoms with Crippen molar-refractivity contribution in [3.63, 3.8) is 0 Å². The Morgan fingerprint density at radius 1 is 1.45 bits per heavy atom. The minimum absolute atomic E-state index is 0.0337. The van der Waals surface area contributed by atoms with E-state index in [0.29, 0.717) is 6.42 Å². The maximum atomic E-state index is 13.3. The van der Waals surface area contributed by atoms with Crippen molar-refractivity contribution in [1.29, 1.82) is 0 Å². The van der Waals surface area contributed by atoms with Gasteiger partial charge in [0.2, 0.25) is 0 Å². The molecule has 0 bridgehead atoms. The fraction of sp³-hybridized carbons (Fsp3) is 0.533. The Kier molecular flexibility index (Phi) is 5.05. The lowest BCUT2D eigenvalue weighted by molar-refractivity contribution is 0.233. The lowest BCUT2D eigenvalue weighted by Crippen LogP contribution is -2.42. The molecule has 22 heavy (non-hydrogen) atoms. The number of fused-ring (bicyclic) bond motifs is 1. The van der Waals surface area contributed by atoms with Crippen LogP contribution >= 0.6 is 0 Å². The van der Waals surface area contributed by atoms with Gasteiger partial charge in [-0.1, -0.05) is 6.07 Å². The van der Waals surface area contributed by atoms with Crippen LogP contribution in [0.25, 0.3) is 0 Å². The number of sulfone groups is 1. The second-order valence-corrected chi connectivity index (χ2v) is 8.13. The van der Waals surface area contributed by atoms with E-state index in [2.05, 4.69) is 10.6 Å². The normalized spacial score (nSPS) is 18.6. The van der Waals surface area contributed by atoms with Crippen molar-refractivity contribution >= 4 is 15.9 Å². The van der Waals surface area contributed by atoms with Gasteiger partial charge in [-0.25, -0.2) is 17.6 Å². The summed E-state index contributed by atoms with van der Waals surface area (Å²) < 4.78 is 35.5. The van der Waals surface area contributed by atoms with E-state index in [1.54, 1.807) is 13.0 Å². The molecule has 2 amide bonds. The van der Waals surface area contributed by atoms with E-state index in [1.165, 1.54) is 18.4 Å². The lowest BCUT2D eigenvalue weighted by atomic mass is 10.1. The number of urea groups is 1. The van der Waals surface area contributed by atoms with Crippen molar-refractivity contribution in [2.75, 3.05) is 12.0 Å². The van der Waals surface area contributed by atoms with Gasteiger partial charge in [0.15, 0.2) is 0 Å². The summed E-state index contributed by atoms with van der Waals surface area (Å²) in [6.45, 7) is 1.76. The predicted molar refractivity (Wildman–Crippen MR) is 82.9 cm³/mol. The standard InChI is InChI=1S/C15H21FN2O3S/c1-10(7-8-22(2,20)21)17-15(19)18-14-6-4-11-3-5-12(16)9-13(11)14/h3,5,9-10,14H,4,6-8H2,1-2H3,(H2,17,18,19)/t10-,14-/m1/s1. The Morgan fingerprint density at radius 3 is 2.86 bits per heavy atom. The van der Waals surface area contributed by atoms with Crippen LogP contribution in [0.15, 0.2) is 18.2 Å². The molecule has 0 fully saturated rings. The van der Waals surface area contributed by atoms with Crippen LogP contribution in [0.4, 0.5) is 9.18 Å². The van der Waals surface area contributed by atoms with Crippen molar-refractivity contribution in [2.45, 2.75) is 38.3 Å². The fourth-order valence-corrected chi connectivity index (χ4v) is 3.39. The number of amides is 2. The highest BCUT2D eigenvalue weighted by Gasteiger charge is 2.24. The van der Waals surface area contributed by atoms with Crippen LogP contribution in [0, 0.1) is 5.82 Å². The summed E-state index contributed by atoms with van der Waals surface area (Å²) in [5, 5.41) is 5.54. The van der Waals surface area contributed by atoms with Gasteiger partial charge in [0.05, 0.1) is 11.8 Å². The number of rotatable bonds is 5. The van der Waals surface area contributed by atoms with Gasteiger partial charge in [0.1, 0.15) is 15.7 Å². The number of benzene rings is 1. The topological polar surface area (TPSA) is 75.3 Å². The van der Waals surface area contributed by atoms with Crippen molar-refractivity contribution < 1.29 is 17.6 Å². The van der Waals surface area contributed by atoms with Crippen molar-refractivity contribution in [1.82, 2.24) is 10.6 Å². The molecular weight excluding hydrogens is 307 g/mol. The van der Waals surface area contributed by atoms with Gasteiger partial charge in [-0.15, -0.1) is 0 Å². The van der Waals surface area contributed by atoms with E-state index in [0.717, 1.165) is 24.0 Å². The van der Waals surface area contributed by atoms with Gasteiger partial charge in [0, 0.05) is 12.3 Å². The number of hydrogen-bond donors (Lipinski definition) is 2. The Morgan fingerprint density at radius 2 is 2.18 bits per heavy atom. The molecule has 0 heterocycles. The Balaban J connectivity index is 1.87. The third-order valence-electron chi connectivity index (χ3n) is 3.79. The second-order valence-electron chi connectivity index (χ2n) is 5.87. The van der Waals surface area contributed by atoms with Crippen LogP contribution < -0.4 is 10.6 Å². The van der Waals surface area contributed by atoms with Crippen LogP contribution in [0.1, 0.15) is 36.9 Å². The van der Waals surface area contributed by atoms with Crippen LogP contribution in [-0.4, -0.2) is 32.5 Å². The second kappa shape index (κ2) is 6.64. The molecule has 2 atom stereocenters. The van der Waals surface area contributed by atoms with Gasteiger partial charge in [-0.3, -0.25) is 0 Å². The third-order valence-corrected chi connectivity index (χ3v) is 4.77. The molecule has 0 aliphatic heterocycles. The molecule has 7 heteroatoms. The molecule has 1 aromatic carbocycles. The molecule has 0 radical (unpaired) electrons.